The standard InChI is InChI=1S/C16H31N5O.C2H6/c1-9-17-10-13-11-21(19-18-13)16(6,7)15(4,5)14(22)20(8)12(2)3;1-2/h11-12,17H,9-10H2,1-8H3;1-2H3. The number of nitrogens with zero attached hydrogens (tertiary/aromatic N) is 4. The van der Waals surface area contributed by atoms with E-state index in [4.69, 9.17) is 0 Å². The van der Waals surface area contributed by atoms with E-state index in [1.54, 1.807) is 4.90 Å². The molecule has 0 saturated carbocycles. The second kappa shape index (κ2) is 9.16. The largest absolute Gasteiger partial charge is 0.343 e. The molecule has 0 spiro atoms. The molecule has 0 aliphatic heterocycles. The van der Waals surface area contributed by atoms with Crippen LogP contribution in [0.4, 0.5) is 0 Å². The Morgan fingerprint density at radius 3 is 2.29 bits per heavy atom. The predicted molar refractivity (Wildman–Crippen MR) is 99.8 cm³/mol. The van der Waals surface area contributed by atoms with E-state index in [-0.39, 0.29) is 11.9 Å². The number of aromatic nitrogens is 3. The Labute approximate surface area is 148 Å². The molecular weight excluding hydrogens is 302 g/mol. The first kappa shape index (κ1) is 22.6. The van der Waals surface area contributed by atoms with Crippen LogP contribution in [0.5, 0.6) is 0 Å². The van der Waals surface area contributed by atoms with Gasteiger partial charge in [-0.05, 0) is 48.1 Å². The summed E-state index contributed by atoms with van der Waals surface area (Å²) in [6.45, 7) is 19.7. The van der Waals surface area contributed by atoms with Gasteiger partial charge in [0.25, 0.3) is 0 Å². The van der Waals surface area contributed by atoms with Crippen LogP contribution in [-0.2, 0) is 16.9 Å². The van der Waals surface area contributed by atoms with Crippen molar-refractivity contribution in [3.8, 4) is 0 Å². The summed E-state index contributed by atoms with van der Waals surface area (Å²) in [5.74, 6) is 0.108. The van der Waals surface area contributed by atoms with Crippen molar-refractivity contribution in [2.45, 2.75) is 80.4 Å². The zero-order valence-electron chi connectivity index (χ0n) is 17.3. The van der Waals surface area contributed by atoms with E-state index < -0.39 is 11.0 Å². The molecular formula is C18H37N5O. The summed E-state index contributed by atoms with van der Waals surface area (Å²) in [5, 5.41) is 11.7. The zero-order chi connectivity index (χ0) is 19.1. The smallest absolute Gasteiger partial charge is 0.230 e. The highest BCUT2D eigenvalue weighted by Gasteiger charge is 2.47. The van der Waals surface area contributed by atoms with Crippen LogP contribution in [0.15, 0.2) is 6.20 Å². The molecule has 6 heteroatoms. The number of carbonyl (C=O) groups is 1. The maximum absolute atomic E-state index is 12.9. The Morgan fingerprint density at radius 2 is 1.83 bits per heavy atom. The van der Waals surface area contributed by atoms with Gasteiger partial charge in [0.1, 0.15) is 0 Å². The summed E-state index contributed by atoms with van der Waals surface area (Å²) in [6, 6.07) is 0.169. The predicted octanol–water partition coefficient (Wildman–Crippen LogP) is 3.04. The SMILES string of the molecule is CC.CCNCc1cn(C(C)(C)C(C)(C)C(=O)N(C)C(C)C)nn1. The van der Waals surface area contributed by atoms with Crippen LogP contribution >= 0.6 is 0 Å². The van der Waals surface area contributed by atoms with E-state index in [1.165, 1.54) is 0 Å². The van der Waals surface area contributed by atoms with Gasteiger partial charge >= 0.3 is 0 Å². The molecule has 1 aromatic heterocycles. The molecule has 0 atom stereocenters. The highest BCUT2D eigenvalue weighted by Crippen LogP contribution is 2.38. The third-order valence-corrected chi connectivity index (χ3v) is 4.83. The molecule has 1 amide bonds. The molecule has 0 unspecified atom stereocenters. The average molecular weight is 340 g/mol. The molecule has 0 bridgehead atoms. The quantitative estimate of drug-likeness (QED) is 0.829. The van der Waals surface area contributed by atoms with Crippen molar-refractivity contribution in [3.05, 3.63) is 11.9 Å². The minimum absolute atomic E-state index is 0.108. The first-order chi connectivity index (χ1) is 11.1. The van der Waals surface area contributed by atoms with Gasteiger partial charge in [-0.1, -0.05) is 26.0 Å². The number of hydrogen-bond acceptors (Lipinski definition) is 4. The highest BCUT2D eigenvalue weighted by atomic mass is 16.2. The molecule has 0 aliphatic rings. The van der Waals surface area contributed by atoms with Crippen LogP contribution in [-0.4, -0.2) is 45.4 Å². The van der Waals surface area contributed by atoms with Gasteiger partial charge in [-0.15, -0.1) is 5.10 Å². The van der Waals surface area contributed by atoms with Crippen molar-refractivity contribution in [1.29, 1.82) is 0 Å². The average Bonchev–Trinajstić information content (AvgIpc) is 3.02. The summed E-state index contributed by atoms with van der Waals surface area (Å²) in [4.78, 5) is 14.6. The first-order valence-electron chi connectivity index (χ1n) is 8.95. The van der Waals surface area contributed by atoms with Crippen molar-refractivity contribution >= 4 is 5.91 Å². The Bertz CT molecular complexity index is 505. The number of nitrogens with one attached hydrogen (secondary N) is 1. The molecule has 24 heavy (non-hydrogen) atoms. The molecule has 0 radical (unpaired) electrons. The Kier molecular flexibility index (Phi) is 8.61. The second-order valence-corrected chi connectivity index (χ2v) is 7.13. The molecule has 0 aromatic carbocycles. The Hall–Kier alpha value is -1.43. The molecule has 0 saturated heterocycles. The van der Waals surface area contributed by atoms with Crippen LogP contribution in [0.25, 0.3) is 0 Å². The Balaban J connectivity index is 0.00000254. The monoisotopic (exact) mass is 339 g/mol. The van der Waals surface area contributed by atoms with Gasteiger partial charge < -0.3 is 10.2 Å². The van der Waals surface area contributed by atoms with Gasteiger partial charge in [0.05, 0.1) is 22.8 Å². The van der Waals surface area contributed by atoms with E-state index >= 15 is 0 Å². The lowest BCUT2D eigenvalue weighted by Gasteiger charge is -2.42. The molecule has 6 nitrogen and oxygen atoms in total. The topological polar surface area (TPSA) is 63.1 Å². The molecule has 0 fully saturated rings. The number of amides is 1. The second-order valence-electron chi connectivity index (χ2n) is 7.13. The fourth-order valence-electron chi connectivity index (χ4n) is 2.13. The summed E-state index contributed by atoms with van der Waals surface area (Å²) < 4.78 is 1.81. The lowest BCUT2D eigenvalue weighted by atomic mass is 9.73. The third kappa shape index (κ3) is 4.79. The molecule has 1 aromatic rings. The Morgan fingerprint density at radius 1 is 1.29 bits per heavy atom. The van der Waals surface area contributed by atoms with E-state index in [0.29, 0.717) is 6.54 Å². The van der Waals surface area contributed by atoms with E-state index in [0.717, 1.165) is 12.2 Å². The molecule has 1 N–H and O–H groups in total. The minimum Gasteiger partial charge on any atom is -0.343 e. The van der Waals surface area contributed by atoms with Crippen molar-refractivity contribution in [2.24, 2.45) is 5.41 Å². The van der Waals surface area contributed by atoms with E-state index in [1.807, 2.05) is 73.3 Å². The van der Waals surface area contributed by atoms with Gasteiger partial charge in [-0.2, -0.15) is 0 Å². The van der Waals surface area contributed by atoms with Gasteiger partial charge in [0.15, 0.2) is 0 Å². The van der Waals surface area contributed by atoms with Gasteiger partial charge in [0, 0.05) is 19.6 Å². The van der Waals surface area contributed by atoms with E-state index in [9.17, 15) is 4.79 Å². The molecule has 0 aliphatic carbocycles. The van der Waals surface area contributed by atoms with Crippen molar-refractivity contribution in [1.82, 2.24) is 25.2 Å². The van der Waals surface area contributed by atoms with Crippen molar-refractivity contribution in [2.75, 3.05) is 13.6 Å². The first-order valence-corrected chi connectivity index (χ1v) is 8.95. The highest BCUT2D eigenvalue weighted by molar-refractivity contribution is 5.83. The van der Waals surface area contributed by atoms with Crippen LogP contribution in [0.2, 0.25) is 0 Å². The summed E-state index contributed by atoms with van der Waals surface area (Å²) >= 11 is 0. The van der Waals surface area contributed by atoms with Crippen molar-refractivity contribution in [3.63, 3.8) is 0 Å². The molecule has 1 heterocycles. The summed E-state index contributed by atoms with van der Waals surface area (Å²) in [5.41, 5.74) is -0.199. The molecule has 1 rings (SSSR count). The normalized spacial score (nSPS) is 12.0. The van der Waals surface area contributed by atoms with Crippen LogP contribution in [0.3, 0.4) is 0 Å². The maximum Gasteiger partial charge on any atom is 0.230 e. The minimum atomic E-state index is -0.602. The van der Waals surface area contributed by atoms with E-state index in [2.05, 4.69) is 22.6 Å². The van der Waals surface area contributed by atoms with Crippen LogP contribution < -0.4 is 5.32 Å². The lowest BCUT2D eigenvalue weighted by Crippen LogP contribution is -2.53. The number of hydrogen-bond donors (Lipinski definition) is 1. The van der Waals surface area contributed by atoms with Crippen LogP contribution in [0, 0.1) is 5.41 Å². The zero-order valence-corrected chi connectivity index (χ0v) is 17.3. The summed E-state index contributed by atoms with van der Waals surface area (Å²) in [7, 11) is 1.85. The molecule has 140 valence electrons. The number of carbonyl (C=O) groups excluding carboxylic acids is 1. The number of rotatable bonds is 7. The van der Waals surface area contributed by atoms with Crippen molar-refractivity contribution < 1.29 is 4.79 Å². The van der Waals surface area contributed by atoms with Gasteiger partial charge in [-0.25, -0.2) is 4.68 Å². The fourth-order valence-corrected chi connectivity index (χ4v) is 2.13. The summed E-state index contributed by atoms with van der Waals surface area (Å²) in [6.07, 6.45) is 1.92. The third-order valence-electron chi connectivity index (χ3n) is 4.83. The lowest BCUT2D eigenvalue weighted by molar-refractivity contribution is -0.146. The fraction of sp³-hybridized carbons (Fsp3) is 0.833. The van der Waals surface area contributed by atoms with Gasteiger partial charge in [-0.3, -0.25) is 4.79 Å². The maximum atomic E-state index is 12.9. The van der Waals surface area contributed by atoms with Crippen LogP contribution in [0.1, 0.15) is 68.0 Å². The van der Waals surface area contributed by atoms with Gasteiger partial charge in [0.2, 0.25) is 5.91 Å².